The summed E-state index contributed by atoms with van der Waals surface area (Å²) >= 11 is 0. The van der Waals surface area contributed by atoms with Crippen molar-refractivity contribution in [2.24, 2.45) is 0 Å². The van der Waals surface area contributed by atoms with E-state index in [1.54, 1.807) is 24.5 Å². The fourth-order valence-electron chi connectivity index (χ4n) is 2.24. The van der Waals surface area contributed by atoms with Gasteiger partial charge in [0.2, 0.25) is 11.7 Å². The van der Waals surface area contributed by atoms with Gasteiger partial charge in [0, 0.05) is 24.5 Å². The zero-order valence-electron chi connectivity index (χ0n) is 14.5. The Morgan fingerprint density at radius 3 is 2.65 bits per heavy atom. The summed E-state index contributed by atoms with van der Waals surface area (Å²) in [7, 11) is 0. The molecule has 0 aliphatic rings. The lowest BCUT2D eigenvalue weighted by molar-refractivity contribution is -0.122. The Morgan fingerprint density at radius 1 is 1.15 bits per heavy atom. The lowest BCUT2D eigenvalue weighted by Crippen LogP contribution is -2.28. The Hall–Kier alpha value is -3.29. The van der Waals surface area contributed by atoms with Gasteiger partial charge in [0.05, 0.1) is 6.61 Å². The van der Waals surface area contributed by atoms with Crippen molar-refractivity contribution in [2.75, 3.05) is 6.61 Å². The lowest BCUT2D eigenvalue weighted by atomic mass is 10.2. The molecular formula is C18H20N6O2. The average molecular weight is 352 g/mol. The summed E-state index contributed by atoms with van der Waals surface area (Å²) in [5, 5.41) is 14.9. The third-order valence-corrected chi connectivity index (χ3v) is 3.56. The second-order valence-electron chi connectivity index (χ2n) is 5.65. The van der Waals surface area contributed by atoms with Crippen LogP contribution in [0.4, 0.5) is 0 Å². The van der Waals surface area contributed by atoms with E-state index < -0.39 is 0 Å². The number of rotatable bonds is 8. The number of hydrogen-bond acceptors (Lipinski definition) is 6. The van der Waals surface area contributed by atoms with Gasteiger partial charge in [-0.05, 0) is 41.5 Å². The third kappa shape index (κ3) is 4.85. The van der Waals surface area contributed by atoms with Crippen LogP contribution in [0.3, 0.4) is 0 Å². The highest BCUT2D eigenvalue weighted by molar-refractivity contribution is 5.75. The maximum absolute atomic E-state index is 12.1. The van der Waals surface area contributed by atoms with E-state index in [1.807, 2.05) is 24.3 Å². The molecule has 1 N–H and O–H groups in total. The van der Waals surface area contributed by atoms with Crippen LogP contribution in [0.25, 0.3) is 11.4 Å². The first-order chi connectivity index (χ1) is 12.7. The molecule has 1 amide bonds. The van der Waals surface area contributed by atoms with E-state index in [4.69, 9.17) is 4.74 Å². The number of nitrogens with one attached hydrogen (secondary N) is 1. The van der Waals surface area contributed by atoms with Gasteiger partial charge in [0.25, 0.3) is 0 Å². The predicted molar refractivity (Wildman–Crippen MR) is 95.1 cm³/mol. The maximum Gasteiger partial charge on any atom is 0.243 e. The highest BCUT2D eigenvalue weighted by Crippen LogP contribution is 2.12. The number of hydrogen-bond donors (Lipinski definition) is 1. The minimum Gasteiger partial charge on any atom is -0.494 e. The number of tetrazole rings is 1. The molecule has 0 saturated heterocycles. The summed E-state index contributed by atoms with van der Waals surface area (Å²) in [5.41, 5.74) is 1.79. The minimum absolute atomic E-state index is 0.00970. The highest BCUT2D eigenvalue weighted by atomic mass is 16.5. The molecule has 26 heavy (non-hydrogen) atoms. The van der Waals surface area contributed by atoms with E-state index >= 15 is 0 Å². The first kappa shape index (κ1) is 17.5. The van der Waals surface area contributed by atoms with Gasteiger partial charge in [-0.2, -0.15) is 4.80 Å². The molecule has 0 fully saturated rings. The number of carbonyl (C=O) groups excluding carboxylic acids is 1. The SMILES string of the molecule is CCCOc1ccc(CNC(=O)Cn2nnc(-c3ccncc3)n2)cc1. The van der Waals surface area contributed by atoms with Gasteiger partial charge in [-0.3, -0.25) is 9.78 Å². The first-order valence-electron chi connectivity index (χ1n) is 8.41. The highest BCUT2D eigenvalue weighted by Gasteiger charge is 2.09. The summed E-state index contributed by atoms with van der Waals surface area (Å²) in [4.78, 5) is 17.3. The molecule has 0 saturated carbocycles. The minimum atomic E-state index is -0.185. The zero-order valence-corrected chi connectivity index (χ0v) is 14.5. The van der Waals surface area contributed by atoms with Crippen LogP contribution in [0.15, 0.2) is 48.8 Å². The Labute approximate surface area is 151 Å². The van der Waals surface area contributed by atoms with Crippen molar-refractivity contribution in [2.45, 2.75) is 26.4 Å². The molecule has 134 valence electrons. The monoisotopic (exact) mass is 352 g/mol. The van der Waals surface area contributed by atoms with Crippen molar-refractivity contribution in [1.29, 1.82) is 0 Å². The van der Waals surface area contributed by atoms with Crippen LogP contribution in [0.5, 0.6) is 5.75 Å². The third-order valence-electron chi connectivity index (χ3n) is 3.56. The van der Waals surface area contributed by atoms with Gasteiger partial charge >= 0.3 is 0 Å². The molecule has 0 radical (unpaired) electrons. The number of pyridine rings is 1. The molecule has 1 aromatic carbocycles. The van der Waals surface area contributed by atoms with E-state index in [9.17, 15) is 4.79 Å². The Balaban J connectivity index is 1.49. The molecule has 3 aromatic rings. The molecule has 0 unspecified atom stereocenters. The number of amides is 1. The van der Waals surface area contributed by atoms with Crippen molar-refractivity contribution < 1.29 is 9.53 Å². The van der Waals surface area contributed by atoms with Gasteiger partial charge in [-0.1, -0.05) is 19.1 Å². The van der Waals surface area contributed by atoms with Crippen molar-refractivity contribution in [1.82, 2.24) is 30.5 Å². The maximum atomic E-state index is 12.1. The number of benzene rings is 1. The zero-order chi connectivity index (χ0) is 18.2. The Kier molecular flexibility index (Phi) is 5.87. The smallest absolute Gasteiger partial charge is 0.243 e. The normalized spacial score (nSPS) is 10.5. The van der Waals surface area contributed by atoms with Gasteiger partial charge in [0.15, 0.2) is 0 Å². The summed E-state index contributed by atoms with van der Waals surface area (Å²) in [6.07, 6.45) is 4.28. The van der Waals surface area contributed by atoms with E-state index in [0.717, 1.165) is 23.3 Å². The number of aromatic nitrogens is 5. The van der Waals surface area contributed by atoms with Gasteiger partial charge in [0.1, 0.15) is 12.3 Å². The average Bonchev–Trinajstić information content (AvgIpc) is 3.14. The molecule has 8 nitrogen and oxygen atoms in total. The summed E-state index contributed by atoms with van der Waals surface area (Å²) in [6, 6.07) is 11.2. The van der Waals surface area contributed by atoms with E-state index in [0.29, 0.717) is 19.0 Å². The van der Waals surface area contributed by atoms with Crippen LogP contribution < -0.4 is 10.1 Å². The van der Waals surface area contributed by atoms with Crippen LogP contribution in [-0.2, 0) is 17.9 Å². The van der Waals surface area contributed by atoms with Crippen LogP contribution in [0, 0.1) is 0 Å². The van der Waals surface area contributed by atoms with Gasteiger partial charge in [-0.15, -0.1) is 10.2 Å². The van der Waals surface area contributed by atoms with Crippen LogP contribution in [0.2, 0.25) is 0 Å². The molecule has 0 aliphatic heterocycles. The number of carbonyl (C=O) groups is 1. The van der Waals surface area contributed by atoms with Crippen molar-refractivity contribution in [3.63, 3.8) is 0 Å². The first-order valence-corrected chi connectivity index (χ1v) is 8.41. The molecule has 8 heteroatoms. The molecule has 2 aromatic heterocycles. The molecule has 0 bridgehead atoms. The summed E-state index contributed by atoms with van der Waals surface area (Å²) in [6.45, 7) is 3.20. The second kappa shape index (κ2) is 8.70. The molecule has 0 spiro atoms. The van der Waals surface area contributed by atoms with Crippen molar-refractivity contribution in [3.8, 4) is 17.1 Å². The molecule has 2 heterocycles. The Bertz CT molecular complexity index is 832. The molecule has 3 rings (SSSR count). The fraction of sp³-hybridized carbons (Fsp3) is 0.278. The number of nitrogens with zero attached hydrogens (tertiary/aromatic N) is 5. The van der Waals surface area contributed by atoms with Crippen LogP contribution in [0.1, 0.15) is 18.9 Å². The summed E-state index contributed by atoms with van der Waals surface area (Å²) < 4.78 is 5.54. The number of ether oxygens (including phenoxy) is 1. The van der Waals surface area contributed by atoms with Crippen molar-refractivity contribution in [3.05, 3.63) is 54.4 Å². The van der Waals surface area contributed by atoms with E-state index in [-0.39, 0.29) is 12.5 Å². The lowest BCUT2D eigenvalue weighted by Gasteiger charge is -2.07. The topological polar surface area (TPSA) is 94.8 Å². The largest absolute Gasteiger partial charge is 0.494 e. The standard InChI is InChI=1S/C18H20N6O2/c1-2-11-26-16-5-3-14(4-6-16)12-20-17(25)13-24-22-18(21-23-24)15-7-9-19-10-8-15/h3-10H,2,11-13H2,1H3,(H,20,25). The van der Waals surface area contributed by atoms with E-state index in [2.05, 4.69) is 32.6 Å². The molecular weight excluding hydrogens is 332 g/mol. The second-order valence-corrected chi connectivity index (χ2v) is 5.65. The summed E-state index contributed by atoms with van der Waals surface area (Å²) in [5.74, 6) is 1.11. The van der Waals surface area contributed by atoms with Crippen molar-refractivity contribution >= 4 is 5.91 Å². The predicted octanol–water partition coefficient (Wildman–Crippen LogP) is 1.84. The van der Waals surface area contributed by atoms with Gasteiger partial charge < -0.3 is 10.1 Å². The van der Waals surface area contributed by atoms with E-state index in [1.165, 1.54) is 4.80 Å². The quantitative estimate of drug-likeness (QED) is 0.665. The fourth-order valence-corrected chi connectivity index (χ4v) is 2.24. The van der Waals surface area contributed by atoms with Crippen LogP contribution in [-0.4, -0.2) is 37.7 Å². The van der Waals surface area contributed by atoms with Crippen LogP contribution >= 0.6 is 0 Å². The molecule has 0 atom stereocenters. The molecule has 0 aliphatic carbocycles. The Morgan fingerprint density at radius 2 is 1.92 bits per heavy atom. The van der Waals surface area contributed by atoms with Gasteiger partial charge in [-0.25, -0.2) is 0 Å².